The molecule has 0 amide bonds. The van der Waals surface area contributed by atoms with E-state index >= 15 is 0 Å². The second-order valence-corrected chi connectivity index (χ2v) is 5.77. The summed E-state index contributed by atoms with van der Waals surface area (Å²) in [5.74, 6) is 0. The Morgan fingerprint density at radius 1 is 1.53 bits per heavy atom. The average Bonchev–Trinajstić information content (AvgIpc) is 2.29. The number of aromatic amines is 1. The summed E-state index contributed by atoms with van der Waals surface area (Å²) in [5.41, 5.74) is -0.498. The molecule has 1 aromatic heterocycles. The normalized spacial score (nSPS) is 22.5. The van der Waals surface area contributed by atoms with Crippen LogP contribution in [-0.4, -0.2) is 43.5 Å². The summed E-state index contributed by atoms with van der Waals surface area (Å²) in [6.45, 7) is 2.74. The van der Waals surface area contributed by atoms with Gasteiger partial charge in [-0.3, -0.25) is 4.79 Å². The minimum Gasteiger partial charge on any atom is -0.378 e. The zero-order chi connectivity index (χ0) is 12.5. The summed E-state index contributed by atoms with van der Waals surface area (Å²) in [7, 11) is -3.73. The van der Waals surface area contributed by atoms with E-state index in [9.17, 15) is 13.2 Å². The van der Waals surface area contributed by atoms with E-state index < -0.39 is 15.5 Å². The second-order valence-electron chi connectivity index (χ2n) is 3.91. The lowest BCUT2D eigenvalue weighted by Gasteiger charge is -2.31. The molecule has 94 valence electrons. The van der Waals surface area contributed by atoms with E-state index in [-0.39, 0.29) is 17.5 Å². The molecule has 1 aromatic rings. The first-order valence-electron chi connectivity index (χ1n) is 5.30. The number of rotatable bonds is 2. The van der Waals surface area contributed by atoms with Gasteiger partial charge in [0.15, 0.2) is 0 Å². The fourth-order valence-electron chi connectivity index (χ4n) is 1.80. The van der Waals surface area contributed by atoms with Gasteiger partial charge < -0.3 is 9.72 Å². The van der Waals surface area contributed by atoms with Gasteiger partial charge in [-0.2, -0.15) is 4.31 Å². The number of ether oxygens (including phenoxy) is 1. The highest BCUT2D eigenvalue weighted by Crippen LogP contribution is 2.17. The van der Waals surface area contributed by atoms with Crippen molar-refractivity contribution in [2.75, 3.05) is 19.8 Å². The van der Waals surface area contributed by atoms with Crippen molar-refractivity contribution in [2.24, 2.45) is 0 Å². The third-order valence-corrected chi connectivity index (χ3v) is 4.72. The number of hydrogen-bond donors (Lipinski definition) is 1. The Labute approximate surface area is 99.3 Å². The van der Waals surface area contributed by atoms with Crippen molar-refractivity contribution in [3.63, 3.8) is 0 Å². The molecule has 17 heavy (non-hydrogen) atoms. The second kappa shape index (κ2) is 4.59. The number of sulfonamides is 1. The maximum absolute atomic E-state index is 12.3. The molecule has 0 aliphatic carbocycles. The highest BCUT2D eigenvalue weighted by atomic mass is 32.2. The molecule has 1 saturated heterocycles. The topological polar surface area (TPSA) is 79.5 Å². The van der Waals surface area contributed by atoms with Gasteiger partial charge in [0.05, 0.1) is 13.2 Å². The van der Waals surface area contributed by atoms with Crippen LogP contribution in [0.4, 0.5) is 0 Å². The largest absolute Gasteiger partial charge is 0.378 e. The van der Waals surface area contributed by atoms with E-state index in [0.29, 0.717) is 13.2 Å². The van der Waals surface area contributed by atoms with Crippen LogP contribution >= 0.6 is 0 Å². The van der Waals surface area contributed by atoms with Crippen LogP contribution in [0.25, 0.3) is 0 Å². The van der Waals surface area contributed by atoms with E-state index in [2.05, 4.69) is 4.98 Å². The molecule has 1 aliphatic rings. The summed E-state index contributed by atoms with van der Waals surface area (Å²) >= 11 is 0. The summed E-state index contributed by atoms with van der Waals surface area (Å²) in [4.78, 5) is 14.0. The lowest BCUT2D eigenvalue weighted by Crippen LogP contribution is -2.47. The molecule has 1 aliphatic heterocycles. The first-order valence-corrected chi connectivity index (χ1v) is 6.74. The minimum absolute atomic E-state index is 0.214. The van der Waals surface area contributed by atoms with Gasteiger partial charge in [-0.05, 0) is 6.92 Å². The Balaban J connectivity index is 2.43. The minimum atomic E-state index is -3.73. The molecule has 0 radical (unpaired) electrons. The molecule has 0 saturated carbocycles. The summed E-state index contributed by atoms with van der Waals surface area (Å²) in [6, 6.07) is 0.950. The van der Waals surface area contributed by atoms with Crippen molar-refractivity contribution in [1.82, 2.24) is 9.29 Å². The first-order chi connectivity index (χ1) is 8.03. The molecule has 6 nitrogen and oxygen atoms in total. The zero-order valence-electron chi connectivity index (χ0n) is 9.42. The molecule has 0 aromatic carbocycles. The highest BCUT2D eigenvalue weighted by Gasteiger charge is 2.32. The molecule has 0 bridgehead atoms. The number of aromatic nitrogens is 1. The van der Waals surface area contributed by atoms with Crippen LogP contribution in [0.5, 0.6) is 0 Å². The molecular weight excluding hydrogens is 244 g/mol. The third kappa shape index (κ3) is 2.26. The Bertz CT molecular complexity index is 551. The zero-order valence-corrected chi connectivity index (χ0v) is 10.2. The predicted molar refractivity (Wildman–Crippen MR) is 61.2 cm³/mol. The van der Waals surface area contributed by atoms with E-state index in [1.807, 2.05) is 0 Å². The van der Waals surface area contributed by atoms with Crippen LogP contribution in [0.2, 0.25) is 0 Å². The monoisotopic (exact) mass is 258 g/mol. The molecular formula is C10H14N2O4S. The fourth-order valence-corrected chi connectivity index (χ4v) is 3.44. The predicted octanol–water partition coefficient (Wildman–Crippen LogP) is -0.216. The van der Waals surface area contributed by atoms with Gasteiger partial charge in [0.1, 0.15) is 4.90 Å². The van der Waals surface area contributed by atoms with Crippen molar-refractivity contribution in [3.05, 3.63) is 28.7 Å². The van der Waals surface area contributed by atoms with Crippen LogP contribution in [-0.2, 0) is 14.8 Å². The van der Waals surface area contributed by atoms with Gasteiger partial charge in [-0.25, -0.2) is 8.42 Å². The highest BCUT2D eigenvalue weighted by molar-refractivity contribution is 7.89. The Kier molecular flexibility index (Phi) is 3.32. The van der Waals surface area contributed by atoms with Gasteiger partial charge in [-0.15, -0.1) is 0 Å². The van der Waals surface area contributed by atoms with Crippen LogP contribution in [0.1, 0.15) is 6.92 Å². The molecule has 2 rings (SSSR count). The first kappa shape index (κ1) is 12.3. The van der Waals surface area contributed by atoms with Gasteiger partial charge in [-0.1, -0.05) is 0 Å². The van der Waals surface area contributed by atoms with Crippen molar-refractivity contribution in [1.29, 1.82) is 0 Å². The molecule has 1 N–H and O–H groups in total. The van der Waals surface area contributed by atoms with Gasteiger partial charge in [0, 0.05) is 31.0 Å². The molecule has 7 heteroatoms. The van der Waals surface area contributed by atoms with Gasteiger partial charge in [0.25, 0.3) is 0 Å². The quantitative estimate of drug-likeness (QED) is 0.795. The fraction of sp³-hybridized carbons (Fsp3) is 0.500. The van der Waals surface area contributed by atoms with Crippen molar-refractivity contribution >= 4 is 10.0 Å². The van der Waals surface area contributed by atoms with Crippen molar-refractivity contribution < 1.29 is 13.2 Å². The number of morpholine rings is 1. The smallest absolute Gasteiger partial charge is 0.248 e. The molecule has 2 heterocycles. The lowest BCUT2D eigenvalue weighted by molar-refractivity contribution is 0.0392. The number of nitrogens with one attached hydrogen (secondary N) is 1. The Morgan fingerprint density at radius 2 is 2.29 bits per heavy atom. The average molecular weight is 258 g/mol. The molecule has 1 atom stereocenters. The molecule has 1 unspecified atom stereocenters. The SMILES string of the molecule is CC1COCCN1S(=O)(=O)c1c[nH]ccc1=O. The van der Waals surface area contributed by atoms with Crippen LogP contribution in [0.3, 0.4) is 0 Å². The summed E-state index contributed by atoms with van der Waals surface area (Å²) in [5, 5.41) is 0. The molecule has 0 spiro atoms. The van der Waals surface area contributed by atoms with Crippen molar-refractivity contribution in [2.45, 2.75) is 17.9 Å². The number of H-pyrrole nitrogens is 1. The van der Waals surface area contributed by atoms with E-state index in [4.69, 9.17) is 4.74 Å². The van der Waals surface area contributed by atoms with Crippen LogP contribution in [0.15, 0.2) is 28.2 Å². The van der Waals surface area contributed by atoms with E-state index in [1.54, 1.807) is 6.92 Å². The number of pyridine rings is 1. The van der Waals surface area contributed by atoms with E-state index in [1.165, 1.54) is 22.8 Å². The Hall–Kier alpha value is -1.18. The number of hydrogen-bond acceptors (Lipinski definition) is 4. The van der Waals surface area contributed by atoms with Gasteiger partial charge >= 0.3 is 0 Å². The van der Waals surface area contributed by atoms with Gasteiger partial charge in [0.2, 0.25) is 15.5 Å². The summed E-state index contributed by atoms with van der Waals surface area (Å²) in [6.07, 6.45) is 2.63. The van der Waals surface area contributed by atoms with E-state index in [0.717, 1.165) is 0 Å². The third-order valence-electron chi connectivity index (χ3n) is 2.68. The standard InChI is InChI=1S/C10H14N2O4S/c1-8-7-16-5-4-12(8)17(14,15)10-6-11-3-2-9(10)13/h2-3,6,8H,4-5,7H2,1H3,(H,11,13). The number of nitrogens with zero attached hydrogens (tertiary/aromatic N) is 1. The molecule has 1 fully saturated rings. The van der Waals surface area contributed by atoms with Crippen LogP contribution < -0.4 is 5.43 Å². The van der Waals surface area contributed by atoms with Crippen molar-refractivity contribution in [3.8, 4) is 0 Å². The Morgan fingerprint density at radius 3 is 2.94 bits per heavy atom. The maximum atomic E-state index is 12.3. The van der Waals surface area contributed by atoms with Crippen LogP contribution in [0, 0.1) is 0 Å². The summed E-state index contributed by atoms with van der Waals surface area (Å²) < 4.78 is 31.0. The lowest BCUT2D eigenvalue weighted by atomic mass is 10.3. The maximum Gasteiger partial charge on any atom is 0.248 e.